The summed E-state index contributed by atoms with van der Waals surface area (Å²) in [6.07, 6.45) is 2.46. The standard InChI is InChI=1S/C21H23ClN2O7S/c1-3-30-21(27)20(26)23-14-9-12(2)19(16(22)10-14)31-15-7-8-17(25)18(11-15)32(28,29)24-13-5-4-6-13/h7-11,13,24-25H,3-6H2,1-2H3,(H,23,26). The summed E-state index contributed by atoms with van der Waals surface area (Å²) in [4.78, 5) is 23.0. The van der Waals surface area contributed by atoms with Crippen LogP contribution < -0.4 is 14.8 Å². The minimum absolute atomic E-state index is 0.0688. The Hall–Kier alpha value is -2.82. The maximum atomic E-state index is 12.6. The Morgan fingerprint density at radius 1 is 1.22 bits per heavy atom. The Morgan fingerprint density at radius 3 is 2.53 bits per heavy atom. The van der Waals surface area contributed by atoms with Gasteiger partial charge in [-0.3, -0.25) is 4.79 Å². The molecular formula is C21H23ClN2O7S. The van der Waals surface area contributed by atoms with Gasteiger partial charge < -0.3 is 19.9 Å². The molecule has 2 aromatic rings. The topological polar surface area (TPSA) is 131 Å². The highest BCUT2D eigenvalue weighted by Crippen LogP contribution is 2.37. The number of carbonyl (C=O) groups excluding carboxylic acids is 2. The number of rotatable bonds is 7. The summed E-state index contributed by atoms with van der Waals surface area (Å²) in [5.41, 5.74) is 0.776. The lowest BCUT2D eigenvalue weighted by Crippen LogP contribution is -2.39. The molecule has 1 amide bonds. The van der Waals surface area contributed by atoms with Crippen LogP contribution in [-0.2, 0) is 24.3 Å². The van der Waals surface area contributed by atoms with Crippen molar-refractivity contribution in [3.8, 4) is 17.2 Å². The number of esters is 1. The van der Waals surface area contributed by atoms with Crippen molar-refractivity contribution >= 4 is 39.2 Å². The number of hydrogen-bond donors (Lipinski definition) is 3. The molecule has 0 unspecified atom stereocenters. The molecule has 3 N–H and O–H groups in total. The SMILES string of the molecule is CCOC(=O)C(=O)Nc1cc(C)c(Oc2ccc(O)c(S(=O)(=O)NC3CCC3)c2)c(Cl)c1. The fourth-order valence-electron chi connectivity index (χ4n) is 3.01. The quantitative estimate of drug-likeness (QED) is 0.406. The molecule has 1 fully saturated rings. The van der Waals surface area contributed by atoms with E-state index in [1.54, 1.807) is 13.8 Å². The lowest BCUT2D eigenvalue weighted by Gasteiger charge is -2.26. The average Bonchev–Trinajstić information content (AvgIpc) is 2.69. The molecule has 0 radical (unpaired) electrons. The molecule has 1 aliphatic carbocycles. The summed E-state index contributed by atoms with van der Waals surface area (Å²) >= 11 is 6.29. The van der Waals surface area contributed by atoms with Crippen molar-refractivity contribution in [2.45, 2.75) is 44.0 Å². The number of aryl methyl sites for hydroxylation is 1. The first-order valence-corrected chi connectivity index (χ1v) is 11.8. The number of phenolic OH excluding ortho intramolecular Hbond substituents is 1. The molecule has 11 heteroatoms. The van der Waals surface area contributed by atoms with E-state index >= 15 is 0 Å². The largest absolute Gasteiger partial charge is 0.507 e. The van der Waals surface area contributed by atoms with Gasteiger partial charge in [-0.1, -0.05) is 18.0 Å². The number of benzene rings is 2. The molecule has 1 aliphatic rings. The summed E-state index contributed by atoms with van der Waals surface area (Å²) in [5.74, 6) is -1.99. The minimum atomic E-state index is -3.92. The van der Waals surface area contributed by atoms with Crippen molar-refractivity contribution < 1.29 is 32.6 Å². The van der Waals surface area contributed by atoms with Crippen LogP contribution in [0.15, 0.2) is 35.2 Å². The maximum absolute atomic E-state index is 12.6. The highest BCUT2D eigenvalue weighted by molar-refractivity contribution is 7.89. The number of ether oxygens (including phenoxy) is 2. The number of hydrogen-bond acceptors (Lipinski definition) is 7. The van der Waals surface area contributed by atoms with Crippen LogP contribution in [0, 0.1) is 6.92 Å². The second kappa shape index (κ2) is 9.76. The molecule has 1 saturated carbocycles. The van der Waals surface area contributed by atoms with Crippen LogP contribution in [0.1, 0.15) is 31.7 Å². The fourth-order valence-corrected chi connectivity index (χ4v) is 4.73. The number of aromatic hydroxyl groups is 1. The van der Waals surface area contributed by atoms with Crippen molar-refractivity contribution in [1.29, 1.82) is 0 Å². The first-order chi connectivity index (χ1) is 15.1. The molecular weight excluding hydrogens is 460 g/mol. The van der Waals surface area contributed by atoms with Crippen molar-refractivity contribution in [2.24, 2.45) is 0 Å². The third-order valence-electron chi connectivity index (χ3n) is 4.82. The Balaban J connectivity index is 1.81. The first-order valence-electron chi connectivity index (χ1n) is 9.92. The Morgan fingerprint density at radius 2 is 1.94 bits per heavy atom. The normalized spacial score (nSPS) is 13.8. The van der Waals surface area contributed by atoms with Gasteiger partial charge in [0.2, 0.25) is 10.0 Å². The van der Waals surface area contributed by atoms with Crippen LogP contribution in [-0.4, -0.2) is 38.0 Å². The first kappa shape index (κ1) is 23.8. The Bertz CT molecular complexity index is 1120. The average molecular weight is 483 g/mol. The van der Waals surface area contributed by atoms with Crippen molar-refractivity contribution in [3.63, 3.8) is 0 Å². The van der Waals surface area contributed by atoms with Gasteiger partial charge in [0.05, 0.1) is 11.6 Å². The molecule has 0 aliphatic heterocycles. The van der Waals surface area contributed by atoms with Gasteiger partial charge >= 0.3 is 11.9 Å². The van der Waals surface area contributed by atoms with E-state index in [0.29, 0.717) is 5.56 Å². The Kier molecular flexibility index (Phi) is 7.27. The van der Waals surface area contributed by atoms with E-state index in [1.807, 2.05) is 0 Å². The molecule has 32 heavy (non-hydrogen) atoms. The lowest BCUT2D eigenvalue weighted by atomic mass is 9.94. The molecule has 2 aromatic carbocycles. The molecule has 0 aromatic heterocycles. The minimum Gasteiger partial charge on any atom is -0.507 e. The molecule has 0 heterocycles. The summed E-state index contributed by atoms with van der Waals surface area (Å²) in [7, 11) is -3.92. The van der Waals surface area contributed by atoms with Crippen molar-refractivity contribution in [1.82, 2.24) is 4.72 Å². The number of phenols is 1. The van der Waals surface area contributed by atoms with E-state index < -0.39 is 27.6 Å². The van der Waals surface area contributed by atoms with E-state index in [4.69, 9.17) is 16.3 Å². The summed E-state index contributed by atoms with van der Waals surface area (Å²) < 4.78 is 38.2. The number of nitrogens with one attached hydrogen (secondary N) is 2. The zero-order valence-corrected chi connectivity index (χ0v) is 19.0. The summed E-state index contributed by atoms with van der Waals surface area (Å²) in [6, 6.07) is 6.62. The second-order valence-electron chi connectivity index (χ2n) is 7.26. The van der Waals surface area contributed by atoms with Crippen molar-refractivity contribution in [3.05, 3.63) is 40.9 Å². The van der Waals surface area contributed by atoms with Gasteiger partial charge in [0.25, 0.3) is 0 Å². The molecule has 172 valence electrons. The van der Waals surface area contributed by atoms with Crippen LogP contribution in [0.5, 0.6) is 17.2 Å². The lowest BCUT2D eigenvalue weighted by molar-refractivity contribution is -0.152. The monoisotopic (exact) mass is 482 g/mol. The van der Waals surface area contributed by atoms with E-state index in [-0.39, 0.29) is 39.8 Å². The second-order valence-corrected chi connectivity index (χ2v) is 9.35. The van der Waals surface area contributed by atoms with Crippen molar-refractivity contribution in [2.75, 3.05) is 11.9 Å². The van der Waals surface area contributed by atoms with Gasteiger partial charge in [-0.2, -0.15) is 0 Å². The van der Waals surface area contributed by atoms with Crippen LogP contribution in [0.25, 0.3) is 0 Å². The zero-order chi connectivity index (χ0) is 23.5. The van der Waals surface area contributed by atoms with E-state index in [0.717, 1.165) is 19.3 Å². The molecule has 0 atom stereocenters. The van der Waals surface area contributed by atoms with Crippen LogP contribution >= 0.6 is 11.6 Å². The van der Waals surface area contributed by atoms with E-state index in [9.17, 15) is 23.1 Å². The van der Waals surface area contributed by atoms with Gasteiger partial charge in [0.1, 0.15) is 22.1 Å². The molecule has 0 spiro atoms. The number of carbonyl (C=O) groups is 2. The fraction of sp³-hybridized carbons (Fsp3) is 0.333. The number of halogens is 1. The third-order valence-corrected chi connectivity index (χ3v) is 6.65. The summed E-state index contributed by atoms with van der Waals surface area (Å²) in [6.45, 7) is 3.32. The number of amides is 1. The highest BCUT2D eigenvalue weighted by Gasteiger charge is 2.27. The van der Waals surface area contributed by atoms with Gasteiger partial charge in [0, 0.05) is 17.8 Å². The maximum Gasteiger partial charge on any atom is 0.397 e. The highest BCUT2D eigenvalue weighted by atomic mass is 35.5. The van der Waals surface area contributed by atoms with Gasteiger partial charge in [-0.05, 0) is 56.5 Å². The molecule has 0 saturated heterocycles. The number of sulfonamides is 1. The van der Waals surface area contributed by atoms with Gasteiger partial charge in [-0.15, -0.1) is 0 Å². The number of anilines is 1. The van der Waals surface area contributed by atoms with Crippen LogP contribution in [0.4, 0.5) is 5.69 Å². The molecule has 0 bridgehead atoms. The zero-order valence-electron chi connectivity index (χ0n) is 17.5. The smallest absolute Gasteiger partial charge is 0.397 e. The van der Waals surface area contributed by atoms with E-state index in [2.05, 4.69) is 14.8 Å². The summed E-state index contributed by atoms with van der Waals surface area (Å²) in [5, 5.41) is 12.6. The van der Waals surface area contributed by atoms with E-state index in [1.165, 1.54) is 30.3 Å². The molecule has 3 rings (SSSR count). The van der Waals surface area contributed by atoms with Crippen LogP contribution in [0.2, 0.25) is 5.02 Å². The third kappa shape index (κ3) is 5.50. The Labute approximate surface area is 190 Å². The van der Waals surface area contributed by atoms with Gasteiger partial charge in [-0.25, -0.2) is 17.9 Å². The van der Waals surface area contributed by atoms with Crippen LogP contribution in [0.3, 0.4) is 0 Å². The van der Waals surface area contributed by atoms with Gasteiger partial charge in [0.15, 0.2) is 0 Å². The predicted octanol–water partition coefficient (Wildman–Crippen LogP) is 3.48. The predicted molar refractivity (Wildman–Crippen MR) is 118 cm³/mol. The molecule has 9 nitrogen and oxygen atoms in total.